The van der Waals surface area contributed by atoms with E-state index in [1.54, 1.807) is 6.07 Å². The summed E-state index contributed by atoms with van der Waals surface area (Å²) in [5, 5.41) is 3.39. The van der Waals surface area contributed by atoms with E-state index in [2.05, 4.69) is 19.2 Å². The maximum Gasteiger partial charge on any atom is 0.123 e. The van der Waals surface area contributed by atoms with Gasteiger partial charge in [0.1, 0.15) is 5.82 Å². The summed E-state index contributed by atoms with van der Waals surface area (Å²) in [7, 11) is 0. The van der Waals surface area contributed by atoms with Crippen molar-refractivity contribution >= 4 is 11.6 Å². The van der Waals surface area contributed by atoms with Crippen molar-refractivity contribution in [1.29, 1.82) is 0 Å². The third kappa shape index (κ3) is 3.76. The van der Waals surface area contributed by atoms with E-state index in [1.807, 2.05) is 13.0 Å². The van der Waals surface area contributed by atoms with Crippen molar-refractivity contribution in [3.05, 3.63) is 35.1 Å². The first-order valence-electron chi connectivity index (χ1n) is 5.59. The Morgan fingerprint density at radius 1 is 1.38 bits per heavy atom. The molecule has 0 amide bonds. The van der Waals surface area contributed by atoms with Crippen LogP contribution in [0.4, 0.5) is 4.39 Å². The molecule has 0 heterocycles. The molecule has 90 valence electrons. The predicted molar refractivity (Wildman–Crippen MR) is 67.3 cm³/mol. The van der Waals surface area contributed by atoms with Crippen molar-refractivity contribution < 1.29 is 4.39 Å². The minimum atomic E-state index is -0.181. The van der Waals surface area contributed by atoms with E-state index in [4.69, 9.17) is 11.6 Å². The number of benzene rings is 1. The van der Waals surface area contributed by atoms with Gasteiger partial charge in [0.25, 0.3) is 0 Å². The van der Waals surface area contributed by atoms with E-state index >= 15 is 0 Å². The summed E-state index contributed by atoms with van der Waals surface area (Å²) in [6.07, 6.45) is 0. The Hall–Kier alpha value is -0.600. The molecule has 0 fully saturated rings. The number of aryl methyl sites for hydroxylation is 1. The monoisotopic (exact) mass is 243 g/mol. The van der Waals surface area contributed by atoms with Gasteiger partial charge in [-0.3, -0.25) is 0 Å². The average molecular weight is 244 g/mol. The van der Waals surface area contributed by atoms with Crippen LogP contribution in [0.25, 0.3) is 0 Å². The lowest BCUT2D eigenvalue weighted by Gasteiger charge is -2.20. The summed E-state index contributed by atoms with van der Waals surface area (Å²) in [4.78, 5) is 0. The molecule has 0 saturated carbocycles. The molecule has 0 saturated heterocycles. The molecular formula is C13H19ClFN. The van der Waals surface area contributed by atoms with Crippen molar-refractivity contribution in [3.63, 3.8) is 0 Å². The zero-order chi connectivity index (χ0) is 12.1. The van der Waals surface area contributed by atoms with Crippen LogP contribution in [-0.2, 0) is 6.54 Å². The highest BCUT2D eigenvalue weighted by molar-refractivity contribution is 6.18. The lowest BCUT2D eigenvalue weighted by atomic mass is 10.0. The van der Waals surface area contributed by atoms with Crippen LogP contribution in [-0.4, -0.2) is 11.9 Å². The molecule has 1 aromatic rings. The molecule has 1 atom stereocenters. The smallest absolute Gasteiger partial charge is 0.123 e. The molecule has 0 aliphatic heterocycles. The molecule has 1 unspecified atom stereocenters. The van der Waals surface area contributed by atoms with Gasteiger partial charge in [0.15, 0.2) is 0 Å². The van der Waals surface area contributed by atoms with Gasteiger partial charge >= 0.3 is 0 Å². The molecule has 1 N–H and O–H groups in total. The van der Waals surface area contributed by atoms with Crippen LogP contribution in [0.1, 0.15) is 25.0 Å². The Morgan fingerprint density at radius 2 is 2.06 bits per heavy atom. The summed E-state index contributed by atoms with van der Waals surface area (Å²) >= 11 is 5.87. The van der Waals surface area contributed by atoms with Crippen LogP contribution in [0.5, 0.6) is 0 Å². The summed E-state index contributed by atoms with van der Waals surface area (Å²) in [6, 6.07) is 5.17. The Bertz CT molecular complexity index is 339. The van der Waals surface area contributed by atoms with Gasteiger partial charge in [-0.2, -0.15) is 0 Å². The summed E-state index contributed by atoms with van der Waals surface area (Å²) in [5.41, 5.74) is 2.10. The first-order valence-corrected chi connectivity index (χ1v) is 6.12. The third-order valence-corrected chi connectivity index (χ3v) is 3.16. The maximum absolute atomic E-state index is 12.9. The molecule has 0 spiro atoms. The topological polar surface area (TPSA) is 12.0 Å². The molecule has 1 rings (SSSR count). The fourth-order valence-electron chi connectivity index (χ4n) is 1.57. The van der Waals surface area contributed by atoms with Crippen LogP contribution in [0.2, 0.25) is 0 Å². The Kier molecular flexibility index (Phi) is 5.23. The normalized spacial score (nSPS) is 13.1. The zero-order valence-electron chi connectivity index (χ0n) is 10.1. The second-order valence-electron chi connectivity index (χ2n) is 4.46. The summed E-state index contributed by atoms with van der Waals surface area (Å²) < 4.78 is 12.9. The Morgan fingerprint density at radius 3 is 2.56 bits per heavy atom. The molecule has 1 nitrogen and oxygen atoms in total. The van der Waals surface area contributed by atoms with E-state index in [0.717, 1.165) is 17.7 Å². The van der Waals surface area contributed by atoms with Gasteiger partial charge in [-0.25, -0.2) is 4.39 Å². The third-order valence-electron chi connectivity index (χ3n) is 2.83. The van der Waals surface area contributed by atoms with Gasteiger partial charge in [-0.05, 0) is 36.1 Å². The average Bonchev–Trinajstić information content (AvgIpc) is 2.21. The maximum atomic E-state index is 12.9. The predicted octanol–water partition coefficient (Wildman–Crippen LogP) is 3.49. The van der Waals surface area contributed by atoms with E-state index in [-0.39, 0.29) is 5.82 Å². The van der Waals surface area contributed by atoms with Crippen molar-refractivity contribution in [2.45, 2.75) is 33.4 Å². The van der Waals surface area contributed by atoms with Crippen LogP contribution in [0.15, 0.2) is 18.2 Å². The van der Waals surface area contributed by atoms with Gasteiger partial charge in [0, 0.05) is 18.5 Å². The van der Waals surface area contributed by atoms with E-state index in [0.29, 0.717) is 17.8 Å². The first-order chi connectivity index (χ1) is 7.54. The lowest BCUT2D eigenvalue weighted by Crippen LogP contribution is -2.35. The number of rotatable bonds is 5. The van der Waals surface area contributed by atoms with E-state index in [1.165, 1.54) is 6.07 Å². The largest absolute Gasteiger partial charge is 0.308 e. The van der Waals surface area contributed by atoms with Gasteiger partial charge < -0.3 is 5.32 Å². The molecule has 1 aromatic carbocycles. The van der Waals surface area contributed by atoms with Crippen molar-refractivity contribution in [2.24, 2.45) is 5.92 Å². The lowest BCUT2D eigenvalue weighted by molar-refractivity contribution is 0.429. The molecule has 0 bridgehead atoms. The standard InChI is InChI=1S/C13H19ClFN/c1-9(2)13(7-14)16-8-11-4-5-12(15)6-10(11)3/h4-6,9,13,16H,7-8H2,1-3H3. The van der Waals surface area contributed by atoms with Crippen molar-refractivity contribution in [3.8, 4) is 0 Å². The quantitative estimate of drug-likeness (QED) is 0.781. The van der Waals surface area contributed by atoms with E-state index in [9.17, 15) is 4.39 Å². The van der Waals surface area contributed by atoms with Crippen LogP contribution < -0.4 is 5.32 Å². The summed E-state index contributed by atoms with van der Waals surface area (Å²) in [6.45, 7) is 6.93. The molecule has 3 heteroatoms. The van der Waals surface area contributed by atoms with Gasteiger partial charge in [0.05, 0.1) is 0 Å². The van der Waals surface area contributed by atoms with Crippen molar-refractivity contribution in [2.75, 3.05) is 5.88 Å². The first kappa shape index (κ1) is 13.5. The summed E-state index contributed by atoms with van der Waals surface area (Å²) in [5.74, 6) is 0.912. The minimum absolute atomic E-state index is 0.181. The fraction of sp³-hybridized carbons (Fsp3) is 0.538. The van der Waals surface area contributed by atoms with Crippen LogP contribution in [0, 0.1) is 18.7 Å². The number of hydrogen-bond acceptors (Lipinski definition) is 1. The molecular weight excluding hydrogens is 225 g/mol. The number of halogens is 2. The van der Waals surface area contributed by atoms with Gasteiger partial charge in [-0.15, -0.1) is 11.6 Å². The molecule has 0 radical (unpaired) electrons. The van der Waals surface area contributed by atoms with Gasteiger partial charge in [0.2, 0.25) is 0 Å². The number of hydrogen-bond donors (Lipinski definition) is 1. The minimum Gasteiger partial charge on any atom is -0.308 e. The molecule has 0 aliphatic rings. The van der Waals surface area contributed by atoms with Gasteiger partial charge in [-0.1, -0.05) is 19.9 Å². The highest BCUT2D eigenvalue weighted by Crippen LogP contribution is 2.11. The van der Waals surface area contributed by atoms with E-state index < -0.39 is 0 Å². The Labute approximate surface area is 102 Å². The van der Waals surface area contributed by atoms with Crippen LogP contribution in [0.3, 0.4) is 0 Å². The molecule has 0 aliphatic carbocycles. The Balaban J connectivity index is 2.60. The number of alkyl halides is 1. The number of nitrogens with one attached hydrogen (secondary N) is 1. The van der Waals surface area contributed by atoms with Crippen molar-refractivity contribution in [1.82, 2.24) is 5.32 Å². The highest BCUT2D eigenvalue weighted by atomic mass is 35.5. The fourth-order valence-corrected chi connectivity index (χ4v) is 2.03. The highest BCUT2D eigenvalue weighted by Gasteiger charge is 2.11. The SMILES string of the molecule is Cc1cc(F)ccc1CNC(CCl)C(C)C. The second kappa shape index (κ2) is 6.21. The molecule has 16 heavy (non-hydrogen) atoms. The second-order valence-corrected chi connectivity index (χ2v) is 4.77. The zero-order valence-corrected chi connectivity index (χ0v) is 10.8. The van der Waals surface area contributed by atoms with Crippen LogP contribution >= 0.6 is 11.6 Å². The molecule has 0 aromatic heterocycles.